The molecule has 206 valence electrons. The van der Waals surface area contributed by atoms with E-state index in [1.54, 1.807) is 18.4 Å². The second-order valence-corrected chi connectivity index (χ2v) is 18.6. The summed E-state index contributed by atoms with van der Waals surface area (Å²) in [6, 6.07) is 7.54. The van der Waals surface area contributed by atoms with Crippen molar-refractivity contribution in [1.29, 1.82) is 0 Å². The van der Waals surface area contributed by atoms with Gasteiger partial charge in [0.25, 0.3) is 0 Å². The lowest BCUT2D eigenvalue weighted by Gasteiger charge is -2.31. The summed E-state index contributed by atoms with van der Waals surface area (Å²) < 4.78 is 42.7. The Morgan fingerprint density at radius 3 is 2.50 bits per heavy atom. The van der Waals surface area contributed by atoms with Gasteiger partial charge in [-0.15, -0.1) is 10.2 Å². The highest BCUT2D eigenvalue weighted by Gasteiger charge is 2.39. The molecule has 1 aromatic carbocycles. The first-order valence-corrected chi connectivity index (χ1v) is 17.8. The zero-order valence-electron chi connectivity index (χ0n) is 22.7. The van der Waals surface area contributed by atoms with E-state index in [9.17, 15) is 13.5 Å². The van der Waals surface area contributed by atoms with Crippen molar-refractivity contribution in [2.75, 3.05) is 31.2 Å². The fourth-order valence-electron chi connectivity index (χ4n) is 4.26. The van der Waals surface area contributed by atoms with Crippen LogP contribution in [-0.2, 0) is 10.0 Å². The number of sulfonamides is 1. The summed E-state index contributed by atoms with van der Waals surface area (Å²) in [5.41, 5.74) is 0.692. The monoisotopic (exact) mass is 560 g/mol. The van der Waals surface area contributed by atoms with Gasteiger partial charge in [0.15, 0.2) is 11.6 Å². The number of hydrogen-bond donors (Lipinski definition) is 1. The van der Waals surface area contributed by atoms with Crippen molar-refractivity contribution in [2.24, 2.45) is 0 Å². The van der Waals surface area contributed by atoms with Crippen LogP contribution in [0.25, 0.3) is 11.4 Å². The standard InChI is InChI=1S/C25H36N6O5SSi/c1-17(23-26-13-20(35-3)14-27-23)18(2)37(33,34)30(11-12-38(4,5)6)25-29-28-24-21-9-7-8-10-22(21)36-16-19(15-32)31(24)25/h7-10,13-14,17-19,32H,11-12,15-16H2,1-6H3/t17-,18-,19+/m0/s1. The number of aliphatic hydroxyl groups excluding tert-OH is 1. The highest BCUT2D eigenvalue weighted by molar-refractivity contribution is 7.93. The number of nitrogens with zero attached hydrogens (tertiary/aromatic N) is 6. The van der Waals surface area contributed by atoms with E-state index in [0.29, 0.717) is 34.8 Å². The number of fused-ring (bicyclic) bond motifs is 3. The van der Waals surface area contributed by atoms with Crippen LogP contribution in [0.3, 0.4) is 0 Å². The topological polar surface area (TPSA) is 133 Å². The number of anilines is 1. The van der Waals surface area contributed by atoms with Gasteiger partial charge in [-0.3, -0.25) is 4.57 Å². The van der Waals surface area contributed by atoms with Crippen molar-refractivity contribution in [1.82, 2.24) is 24.7 Å². The van der Waals surface area contributed by atoms with Gasteiger partial charge in [0, 0.05) is 20.5 Å². The molecule has 0 aliphatic carbocycles. The second-order valence-electron chi connectivity index (χ2n) is 10.7. The molecule has 0 unspecified atom stereocenters. The number of aliphatic hydroxyl groups is 1. The third-order valence-electron chi connectivity index (χ3n) is 6.87. The Morgan fingerprint density at radius 1 is 1.18 bits per heavy atom. The molecule has 11 nitrogen and oxygen atoms in total. The van der Waals surface area contributed by atoms with Crippen molar-refractivity contribution < 1.29 is 23.0 Å². The third kappa shape index (κ3) is 5.54. The lowest BCUT2D eigenvalue weighted by atomic mass is 10.1. The van der Waals surface area contributed by atoms with E-state index < -0.39 is 35.3 Å². The molecule has 0 saturated carbocycles. The van der Waals surface area contributed by atoms with E-state index >= 15 is 0 Å². The first-order chi connectivity index (χ1) is 18.0. The van der Waals surface area contributed by atoms with Crippen LogP contribution in [0.15, 0.2) is 36.7 Å². The van der Waals surface area contributed by atoms with Crippen LogP contribution < -0.4 is 13.8 Å². The quantitative estimate of drug-likeness (QED) is 0.371. The fourth-order valence-corrected chi connectivity index (χ4v) is 7.05. The number of benzene rings is 1. The SMILES string of the molecule is COc1cnc([C@@H](C)[C@H](C)S(=O)(=O)N(CC[Si](C)(C)C)c2nnc3n2[C@H](CO)COc2ccccc2-3)nc1. The first-order valence-electron chi connectivity index (χ1n) is 12.6. The van der Waals surface area contributed by atoms with Crippen molar-refractivity contribution in [3.63, 3.8) is 0 Å². The minimum Gasteiger partial charge on any atom is -0.494 e. The summed E-state index contributed by atoms with van der Waals surface area (Å²) in [4.78, 5) is 8.66. The lowest BCUT2D eigenvalue weighted by molar-refractivity contribution is 0.172. The zero-order chi connectivity index (χ0) is 27.7. The predicted molar refractivity (Wildman–Crippen MR) is 148 cm³/mol. The van der Waals surface area contributed by atoms with Crippen LogP contribution in [0.5, 0.6) is 11.5 Å². The molecule has 1 N–H and O–H groups in total. The molecule has 0 amide bonds. The normalized spacial score (nSPS) is 17.0. The maximum absolute atomic E-state index is 14.3. The van der Waals surface area contributed by atoms with Gasteiger partial charge in [-0.2, -0.15) is 0 Å². The average molecular weight is 561 g/mol. The van der Waals surface area contributed by atoms with Crippen LogP contribution in [0.4, 0.5) is 5.95 Å². The summed E-state index contributed by atoms with van der Waals surface area (Å²) >= 11 is 0. The van der Waals surface area contributed by atoms with E-state index in [1.807, 2.05) is 24.3 Å². The van der Waals surface area contributed by atoms with Crippen LogP contribution in [0.1, 0.15) is 31.6 Å². The van der Waals surface area contributed by atoms with Gasteiger partial charge in [-0.05, 0) is 25.1 Å². The Bertz CT molecular complexity index is 1360. The molecule has 0 fully saturated rings. The van der Waals surface area contributed by atoms with Gasteiger partial charge in [0.2, 0.25) is 16.0 Å². The van der Waals surface area contributed by atoms with E-state index in [2.05, 4.69) is 39.8 Å². The number of aromatic nitrogens is 5. The van der Waals surface area contributed by atoms with E-state index in [-0.39, 0.29) is 25.7 Å². The fraction of sp³-hybridized carbons (Fsp3) is 0.520. The molecule has 0 radical (unpaired) electrons. The smallest absolute Gasteiger partial charge is 0.241 e. The molecule has 0 saturated heterocycles. The van der Waals surface area contributed by atoms with E-state index in [4.69, 9.17) is 9.47 Å². The predicted octanol–water partition coefficient (Wildman–Crippen LogP) is 3.34. The van der Waals surface area contributed by atoms with E-state index in [1.165, 1.54) is 23.8 Å². The molecular formula is C25H36N6O5SSi. The molecule has 1 aliphatic heterocycles. The van der Waals surface area contributed by atoms with Gasteiger partial charge in [-0.25, -0.2) is 22.7 Å². The van der Waals surface area contributed by atoms with Crippen molar-refractivity contribution >= 4 is 24.0 Å². The largest absolute Gasteiger partial charge is 0.494 e. The summed E-state index contributed by atoms with van der Waals surface area (Å²) in [6.45, 7) is 10.2. The summed E-state index contributed by atoms with van der Waals surface area (Å²) in [5, 5.41) is 18.2. The highest BCUT2D eigenvalue weighted by atomic mass is 32.2. The zero-order valence-corrected chi connectivity index (χ0v) is 24.5. The second kappa shape index (κ2) is 11.0. The molecule has 4 rings (SSSR count). The minimum atomic E-state index is -3.97. The molecule has 38 heavy (non-hydrogen) atoms. The average Bonchev–Trinajstić information content (AvgIpc) is 3.24. The third-order valence-corrected chi connectivity index (χ3v) is 10.9. The maximum Gasteiger partial charge on any atom is 0.241 e. The Kier molecular flexibility index (Phi) is 8.09. The molecular weight excluding hydrogens is 524 g/mol. The van der Waals surface area contributed by atoms with Gasteiger partial charge in [0.05, 0.1) is 43.0 Å². The number of methoxy groups -OCH3 is 1. The Balaban J connectivity index is 1.80. The molecule has 3 atom stereocenters. The summed E-state index contributed by atoms with van der Waals surface area (Å²) in [6.07, 6.45) is 3.06. The molecule has 0 bridgehead atoms. The van der Waals surface area contributed by atoms with Gasteiger partial charge < -0.3 is 14.6 Å². The number of para-hydroxylation sites is 1. The van der Waals surface area contributed by atoms with Gasteiger partial charge in [-0.1, -0.05) is 38.7 Å². The molecule has 1 aliphatic rings. The van der Waals surface area contributed by atoms with Crippen LogP contribution >= 0.6 is 0 Å². The summed E-state index contributed by atoms with van der Waals surface area (Å²) in [5.74, 6) is 1.63. The Morgan fingerprint density at radius 2 is 1.87 bits per heavy atom. The number of hydrogen-bond acceptors (Lipinski definition) is 9. The molecule has 0 spiro atoms. The van der Waals surface area contributed by atoms with Crippen LogP contribution in [0.2, 0.25) is 25.7 Å². The molecule has 13 heteroatoms. The van der Waals surface area contributed by atoms with Crippen molar-refractivity contribution in [2.45, 2.75) is 56.7 Å². The van der Waals surface area contributed by atoms with Crippen molar-refractivity contribution in [3.8, 4) is 22.9 Å². The summed E-state index contributed by atoms with van der Waals surface area (Å²) in [7, 11) is -4.09. The molecule has 3 aromatic rings. The Hall–Kier alpha value is -3.03. The van der Waals surface area contributed by atoms with Gasteiger partial charge in [0.1, 0.15) is 18.2 Å². The van der Waals surface area contributed by atoms with Crippen LogP contribution in [-0.4, -0.2) is 78.4 Å². The Labute approximate surface area is 224 Å². The highest BCUT2D eigenvalue weighted by Crippen LogP contribution is 2.38. The first kappa shape index (κ1) is 28.0. The molecule has 2 aromatic heterocycles. The van der Waals surface area contributed by atoms with Crippen LogP contribution in [0, 0.1) is 0 Å². The van der Waals surface area contributed by atoms with Gasteiger partial charge >= 0.3 is 0 Å². The van der Waals surface area contributed by atoms with E-state index in [0.717, 1.165) is 0 Å². The minimum absolute atomic E-state index is 0.152. The number of ether oxygens (including phenoxy) is 2. The maximum atomic E-state index is 14.3. The molecule has 3 heterocycles. The number of rotatable bonds is 10. The van der Waals surface area contributed by atoms with Crippen molar-refractivity contribution in [3.05, 3.63) is 42.5 Å². The lowest BCUT2D eigenvalue weighted by Crippen LogP contribution is -2.44.